The van der Waals surface area contributed by atoms with Crippen molar-refractivity contribution in [2.24, 2.45) is 0 Å². The molecule has 0 atom stereocenters. The molecule has 0 aromatic heterocycles. The minimum Gasteiger partial charge on any atom is -0.0622 e. The van der Waals surface area contributed by atoms with Crippen molar-refractivity contribution in [3.05, 3.63) is 60.7 Å². The molecule has 1 nitrogen and oxygen atoms in total. The van der Waals surface area contributed by atoms with E-state index in [-0.39, 0.29) is 0 Å². The zero-order valence-corrected chi connectivity index (χ0v) is 11.2. The Morgan fingerprint density at radius 3 is 1.19 bits per heavy atom. The molecule has 4 heteroatoms. The molecule has 2 aromatic carbocycles. The Morgan fingerprint density at radius 1 is 0.688 bits per heavy atom. The molecule has 2 rings (SSSR count). The number of rotatable bonds is 1. The highest BCUT2D eigenvalue weighted by molar-refractivity contribution is 8.73. The van der Waals surface area contributed by atoms with Crippen LogP contribution in [0.2, 0.25) is 0 Å². The third-order valence-electron chi connectivity index (χ3n) is 1.88. The molecule has 0 aliphatic rings. The summed E-state index contributed by atoms with van der Waals surface area (Å²) in [5, 5.41) is 0. The first-order chi connectivity index (χ1) is 7.70. The number of benzene rings is 2. The molecule has 0 amide bonds. The van der Waals surface area contributed by atoms with Gasteiger partial charge in [-0.2, -0.15) is 0 Å². The van der Waals surface area contributed by atoms with Gasteiger partial charge in [0.15, 0.2) is 0 Å². The summed E-state index contributed by atoms with van der Waals surface area (Å²) in [5.41, 5.74) is 2.55. The molecule has 0 aliphatic heterocycles. The Kier molecular flexibility index (Phi) is 6.24. The van der Waals surface area contributed by atoms with Crippen LogP contribution in [-0.2, 0) is 4.57 Å². The van der Waals surface area contributed by atoms with Crippen LogP contribution in [-0.4, -0.2) is 0 Å². The fourth-order valence-corrected chi connectivity index (χ4v) is 1.26. The first-order valence-corrected chi connectivity index (χ1v) is 8.22. The van der Waals surface area contributed by atoms with Crippen molar-refractivity contribution in [1.29, 1.82) is 0 Å². The Labute approximate surface area is 107 Å². The Bertz CT molecular complexity index is 390. The van der Waals surface area contributed by atoms with Crippen LogP contribution in [0.25, 0.3) is 11.1 Å². The van der Waals surface area contributed by atoms with Crippen LogP contribution >= 0.6 is 30.7 Å². The van der Waals surface area contributed by atoms with E-state index < -0.39 is 6.20 Å². The van der Waals surface area contributed by atoms with Crippen molar-refractivity contribution in [2.75, 3.05) is 0 Å². The summed E-state index contributed by atoms with van der Waals surface area (Å²) in [7, 11) is 0. The van der Waals surface area contributed by atoms with Gasteiger partial charge in [0.1, 0.15) is 24.5 Å². The summed E-state index contributed by atoms with van der Waals surface area (Å²) in [6.45, 7) is 0. The van der Waals surface area contributed by atoms with E-state index in [0.29, 0.717) is 0 Å². The number of hydrogen-bond acceptors (Lipinski definition) is 1. The lowest BCUT2D eigenvalue weighted by Crippen LogP contribution is -1.73. The third kappa shape index (κ3) is 5.36. The summed E-state index contributed by atoms with van der Waals surface area (Å²) in [6.07, 6.45) is -1.48. The van der Waals surface area contributed by atoms with Gasteiger partial charge in [0.05, 0.1) is 0 Å². The van der Waals surface area contributed by atoms with Gasteiger partial charge in [-0.15, -0.1) is 0 Å². The first-order valence-electron chi connectivity index (χ1n) is 4.65. The van der Waals surface area contributed by atoms with E-state index in [2.05, 4.69) is 73.0 Å². The third-order valence-corrected chi connectivity index (χ3v) is 1.88. The summed E-state index contributed by atoms with van der Waals surface area (Å²) in [5.74, 6) is 0. The molecule has 0 spiro atoms. The molecule has 0 N–H and O–H groups in total. The molecular formula is C12H12OPS2+. The monoisotopic (exact) mass is 267 g/mol. The van der Waals surface area contributed by atoms with E-state index in [1.54, 1.807) is 0 Å². The molecule has 0 heterocycles. The highest BCUT2D eigenvalue weighted by atomic mass is 33.0. The van der Waals surface area contributed by atoms with E-state index in [9.17, 15) is 4.57 Å². The quantitative estimate of drug-likeness (QED) is 0.557. The maximum absolute atomic E-state index is 9.32. The molecule has 16 heavy (non-hydrogen) atoms. The summed E-state index contributed by atoms with van der Waals surface area (Å²) >= 11 is 6.68. The SMILES string of the molecule is O=[P+](S)S.c1ccc(-c2ccccc2)cc1. The predicted octanol–water partition coefficient (Wildman–Crippen LogP) is 4.86. The van der Waals surface area contributed by atoms with Gasteiger partial charge >= 0.3 is 6.20 Å². The van der Waals surface area contributed by atoms with Crippen LogP contribution in [0.3, 0.4) is 0 Å². The smallest absolute Gasteiger partial charge is 0.0622 e. The average molecular weight is 267 g/mol. The Balaban J connectivity index is 0.000000280. The van der Waals surface area contributed by atoms with Crippen LogP contribution in [0.5, 0.6) is 0 Å². The fourth-order valence-electron chi connectivity index (χ4n) is 1.26. The largest absolute Gasteiger partial charge is 0.477 e. The van der Waals surface area contributed by atoms with Gasteiger partial charge in [-0.25, -0.2) is 0 Å². The molecule has 0 fully saturated rings. The van der Waals surface area contributed by atoms with Crippen molar-refractivity contribution < 1.29 is 4.57 Å². The topological polar surface area (TPSA) is 17.1 Å². The number of hydrogen-bond donors (Lipinski definition) is 2. The lowest BCUT2D eigenvalue weighted by atomic mass is 10.1. The predicted molar refractivity (Wildman–Crippen MR) is 77.5 cm³/mol. The van der Waals surface area contributed by atoms with E-state index in [4.69, 9.17) is 0 Å². The number of thiol groups is 2. The highest BCUT2D eigenvalue weighted by Crippen LogP contribution is 2.29. The van der Waals surface area contributed by atoms with Crippen LogP contribution in [0.4, 0.5) is 0 Å². The Hall–Kier alpha value is -0.760. The van der Waals surface area contributed by atoms with Crippen molar-refractivity contribution in [2.45, 2.75) is 0 Å². The first kappa shape index (κ1) is 13.3. The molecule has 0 radical (unpaired) electrons. The van der Waals surface area contributed by atoms with Crippen LogP contribution in [0.1, 0.15) is 0 Å². The lowest BCUT2D eigenvalue weighted by Gasteiger charge is -1.98. The van der Waals surface area contributed by atoms with E-state index in [1.807, 2.05) is 12.1 Å². The zero-order valence-electron chi connectivity index (χ0n) is 8.52. The van der Waals surface area contributed by atoms with E-state index in [1.165, 1.54) is 11.1 Å². The second-order valence-corrected chi connectivity index (χ2v) is 6.62. The van der Waals surface area contributed by atoms with Gasteiger partial charge in [0, 0.05) is 0 Å². The van der Waals surface area contributed by atoms with Gasteiger partial charge < -0.3 is 0 Å². The molecule has 0 bridgehead atoms. The van der Waals surface area contributed by atoms with Gasteiger partial charge in [-0.3, -0.25) is 0 Å². The molecule has 82 valence electrons. The molecule has 0 unspecified atom stereocenters. The normalized spacial score (nSPS) is 8.88. The maximum Gasteiger partial charge on any atom is 0.477 e. The van der Waals surface area contributed by atoms with Crippen molar-refractivity contribution in [3.8, 4) is 11.1 Å². The highest BCUT2D eigenvalue weighted by Gasteiger charge is 1.91. The molecule has 0 saturated heterocycles. The van der Waals surface area contributed by atoms with E-state index in [0.717, 1.165) is 0 Å². The maximum atomic E-state index is 9.32. The lowest BCUT2D eigenvalue weighted by molar-refractivity contribution is 0.604. The van der Waals surface area contributed by atoms with Crippen molar-refractivity contribution in [3.63, 3.8) is 0 Å². The van der Waals surface area contributed by atoms with Crippen LogP contribution in [0.15, 0.2) is 60.7 Å². The Morgan fingerprint density at radius 2 is 0.938 bits per heavy atom. The minimum atomic E-state index is -1.48. The molecular weight excluding hydrogens is 255 g/mol. The molecule has 0 aliphatic carbocycles. The molecule has 0 saturated carbocycles. The van der Waals surface area contributed by atoms with Gasteiger partial charge in [-0.1, -0.05) is 60.7 Å². The minimum absolute atomic E-state index is 1.28. The van der Waals surface area contributed by atoms with E-state index >= 15 is 0 Å². The van der Waals surface area contributed by atoms with Gasteiger partial charge in [0.2, 0.25) is 0 Å². The second-order valence-electron chi connectivity index (χ2n) is 2.98. The van der Waals surface area contributed by atoms with Crippen LogP contribution < -0.4 is 0 Å². The standard InChI is InChI=1S/C12H10.HOPS2/c1-3-7-11(8-4-1)12-9-5-2-6-10-12;1-2(3)4/h1-10H;(H-,1,3,4)/p+1. The second kappa shape index (κ2) is 7.50. The fraction of sp³-hybridized carbons (Fsp3) is 0. The molecule has 2 aromatic rings. The summed E-state index contributed by atoms with van der Waals surface area (Å²) in [6, 6.07) is 20.8. The van der Waals surface area contributed by atoms with Gasteiger partial charge in [0.25, 0.3) is 0 Å². The van der Waals surface area contributed by atoms with Crippen LogP contribution in [0, 0.1) is 0 Å². The summed E-state index contributed by atoms with van der Waals surface area (Å²) < 4.78 is 9.32. The average Bonchev–Trinajstić information content (AvgIpc) is 2.31. The zero-order chi connectivity index (χ0) is 11.8. The van der Waals surface area contributed by atoms with Gasteiger partial charge in [-0.05, 0) is 15.7 Å². The van der Waals surface area contributed by atoms with Crippen molar-refractivity contribution in [1.82, 2.24) is 0 Å². The van der Waals surface area contributed by atoms with Crippen molar-refractivity contribution >= 4 is 30.7 Å². The summed E-state index contributed by atoms with van der Waals surface area (Å²) in [4.78, 5) is 0.